The standard InChI is InChI=1S/C13H7F4NO2/c14-10-5-8(7-19)6-18-12(10)9-3-1-2-4-11(9)20-13(15,16)17/h1-7H. The molecule has 0 saturated carbocycles. The van der Waals surface area contributed by atoms with Gasteiger partial charge in [0.25, 0.3) is 0 Å². The van der Waals surface area contributed by atoms with Crippen LogP contribution < -0.4 is 4.74 Å². The summed E-state index contributed by atoms with van der Waals surface area (Å²) in [5.41, 5.74) is -0.490. The van der Waals surface area contributed by atoms with E-state index >= 15 is 0 Å². The molecule has 0 bridgehead atoms. The van der Waals surface area contributed by atoms with Crippen LogP contribution in [0.4, 0.5) is 17.6 Å². The van der Waals surface area contributed by atoms with Crippen LogP contribution in [0.5, 0.6) is 5.75 Å². The van der Waals surface area contributed by atoms with Gasteiger partial charge in [0.1, 0.15) is 17.3 Å². The molecule has 0 radical (unpaired) electrons. The first-order chi connectivity index (χ1) is 9.40. The van der Waals surface area contributed by atoms with Crippen molar-refractivity contribution in [2.75, 3.05) is 0 Å². The number of para-hydroxylation sites is 1. The monoisotopic (exact) mass is 285 g/mol. The van der Waals surface area contributed by atoms with Gasteiger partial charge in [-0.2, -0.15) is 0 Å². The molecule has 3 nitrogen and oxygen atoms in total. The van der Waals surface area contributed by atoms with Crippen molar-refractivity contribution in [1.82, 2.24) is 4.98 Å². The molecule has 1 aromatic carbocycles. The third kappa shape index (κ3) is 3.11. The highest BCUT2D eigenvalue weighted by Crippen LogP contribution is 2.33. The van der Waals surface area contributed by atoms with Crippen LogP contribution in [0.3, 0.4) is 0 Å². The number of benzene rings is 1. The predicted octanol–water partition coefficient (Wildman–Crippen LogP) is 3.60. The van der Waals surface area contributed by atoms with Crippen LogP contribution in [0.15, 0.2) is 36.5 Å². The topological polar surface area (TPSA) is 39.2 Å². The van der Waals surface area contributed by atoms with Gasteiger partial charge >= 0.3 is 6.36 Å². The average molecular weight is 285 g/mol. The zero-order chi connectivity index (χ0) is 14.8. The van der Waals surface area contributed by atoms with E-state index in [1.165, 1.54) is 18.2 Å². The lowest BCUT2D eigenvalue weighted by molar-refractivity contribution is -0.274. The average Bonchev–Trinajstić information content (AvgIpc) is 2.38. The summed E-state index contributed by atoms with van der Waals surface area (Å²) in [7, 11) is 0. The van der Waals surface area contributed by atoms with Gasteiger partial charge in [-0.25, -0.2) is 4.39 Å². The molecule has 0 spiro atoms. The Kier molecular flexibility index (Phi) is 3.69. The van der Waals surface area contributed by atoms with Crippen molar-refractivity contribution < 1.29 is 27.1 Å². The van der Waals surface area contributed by atoms with Crippen LogP contribution in [0.1, 0.15) is 10.4 Å². The molecule has 0 amide bonds. The zero-order valence-corrected chi connectivity index (χ0v) is 9.82. The third-order valence-electron chi connectivity index (χ3n) is 2.37. The highest BCUT2D eigenvalue weighted by Gasteiger charge is 2.32. The Hall–Kier alpha value is -2.44. The van der Waals surface area contributed by atoms with Crippen molar-refractivity contribution in [2.24, 2.45) is 0 Å². The normalized spacial score (nSPS) is 11.2. The van der Waals surface area contributed by atoms with E-state index in [0.717, 1.165) is 18.3 Å². The number of pyridine rings is 1. The van der Waals surface area contributed by atoms with Gasteiger partial charge in [0, 0.05) is 17.3 Å². The van der Waals surface area contributed by atoms with E-state index in [9.17, 15) is 22.4 Å². The van der Waals surface area contributed by atoms with Gasteiger partial charge in [0.2, 0.25) is 0 Å². The third-order valence-corrected chi connectivity index (χ3v) is 2.37. The molecule has 2 rings (SSSR count). The Balaban J connectivity index is 2.50. The highest BCUT2D eigenvalue weighted by atomic mass is 19.4. The lowest BCUT2D eigenvalue weighted by atomic mass is 10.1. The van der Waals surface area contributed by atoms with Crippen LogP contribution in [0.25, 0.3) is 11.3 Å². The molecular weight excluding hydrogens is 278 g/mol. The van der Waals surface area contributed by atoms with Gasteiger partial charge in [-0.3, -0.25) is 9.78 Å². The smallest absolute Gasteiger partial charge is 0.405 e. The molecule has 20 heavy (non-hydrogen) atoms. The van der Waals surface area contributed by atoms with Crippen LogP contribution in [-0.2, 0) is 0 Å². The molecule has 2 aromatic rings. The summed E-state index contributed by atoms with van der Waals surface area (Å²) in [6.45, 7) is 0. The molecule has 0 saturated heterocycles. The second-order valence-electron chi connectivity index (χ2n) is 3.76. The number of hydrogen-bond donors (Lipinski definition) is 0. The second kappa shape index (κ2) is 5.28. The van der Waals surface area contributed by atoms with Gasteiger partial charge in [0.05, 0.1) is 0 Å². The van der Waals surface area contributed by atoms with E-state index < -0.39 is 17.9 Å². The van der Waals surface area contributed by atoms with Crippen molar-refractivity contribution >= 4 is 6.29 Å². The summed E-state index contributed by atoms with van der Waals surface area (Å²) < 4.78 is 54.4. The van der Waals surface area contributed by atoms with Gasteiger partial charge < -0.3 is 4.74 Å². The highest BCUT2D eigenvalue weighted by molar-refractivity contribution is 5.76. The number of aromatic nitrogens is 1. The molecule has 0 fully saturated rings. The molecule has 0 N–H and O–H groups in total. The van der Waals surface area contributed by atoms with Crippen molar-refractivity contribution in [3.8, 4) is 17.0 Å². The Morgan fingerprint density at radius 1 is 1.20 bits per heavy atom. The molecule has 1 aromatic heterocycles. The number of ether oxygens (including phenoxy) is 1. The molecular formula is C13H7F4NO2. The summed E-state index contributed by atoms with van der Waals surface area (Å²) in [5.74, 6) is -1.47. The van der Waals surface area contributed by atoms with E-state index in [0.29, 0.717) is 6.29 Å². The fourth-order valence-electron chi connectivity index (χ4n) is 1.59. The van der Waals surface area contributed by atoms with Crippen molar-refractivity contribution in [1.29, 1.82) is 0 Å². The first-order valence-corrected chi connectivity index (χ1v) is 5.36. The Bertz CT molecular complexity index is 641. The van der Waals surface area contributed by atoms with Crippen LogP contribution in [-0.4, -0.2) is 17.6 Å². The maximum absolute atomic E-state index is 13.8. The molecule has 7 heteroatoms. The number of halogens is 4. The molecule has 0 aliphatic rings. The SMILES string of the molecule is O=Cc1cnc(-c2ccccc2OC(F)(F)F)c(F)c1. The number of rotatable bonds is 3. The lowest BCUT2D eigenvalue weighted by Gasteiger charge is -2.13. The first-order valence-electron chi connectivity index (χ1n) is 5.36. The van der Waals surface area contributed by atoms with E-state index in [4.69, 9.17) is 0 Å². The minimum Gasteiger partial charge on any atom is -0.405 e. The number of hydrogen-bond acceptors (Lipinski definition) is 3. The number of alkyl halides is 3. The quantitative estimate of drug-likeness (QED) is 0.639. The zero-order valence-electron chi connectivity index (χ0n) is 9.82. The summed E-state index contributed by atoms with van der Waals surface area (Å²) in [6, 6.07) is 5.93. The minimum atomic E-state index is -4.89. The number of aldehydes is 1. The van der Waals surface area contributed by atoms with Crippen molar-refractivity contribution in [3.63, 3.8) is 0 Å². The summed E-state index contributed by atoms with van der Waals surface area (Å²) in [5, 5.41) is 0. The molecule has 104 valence electrons. The second-order valence-corrected chi connectivity index (χ2v) is 3.76. The molecule has 0 unspecified atom stereocenters. The fraction of sp³-hybridized carbons (Fsp3) is 0.0769. The largest absolute Gasteiger partial charge is 0.573 e. The minimum absolute atomic E-state index is 0.0135. The number of carbonyl (C=O) groups excluding carboxylic acids is 1. The Morgan fingerprint density at radius 3 is 2.50 bits per heavy atom. The van der Waals surface area contributed by atoms with Gasteiger partial charge in [-0.05, 0) is 18.2 Å². The summed E-state index contributed by atoms with van der Waals surface area (Å²) >= 11 is 0. The molecule has 0 atom stereocenters. The molecule has 1 heterocycles. The predicted molar refractivity (Wildman–Crippen MR) is 61.7 cm³/mol. The summed E-state index contributed by atoms with van der Waals surface area (Å²) in [6.07, 6.45) is -3.44. The maximum atomic E-state index is 13.8. The van der Waals surface area contributed by atoms with Crippen molar-refractivity contribution in [2.45, 2.75) is 6.36 Å². The number of carbonyl (C=O) groups is 1. The van der Waals surface area contributed by atoms with Crippen LogP contribution in [0.2, 0.25) is 0 Å². The first kappa shape index (κ1) is 14.0. The van der Waals surface area contributed by atoms with E-state index in [1.807, 2.05) is 0 Å². The van der Waals surface area contributed by atoms with Gasteiger partial charge in [-0.15, -0.1) is 13.2 Å². The van der Waals surface area contributed by atoms with Crippen LogP contribution >= 0.6 is 0 Å². The van der Waals surface area contributed by atoms with E-state index in [-0.39, 0.29) is 16.8 Å². The van der Waals surface area contributed by atoms with Gasteiger partial charge in [0.15, 0.2) is 6.29 Å². The lowest BCUT2D eigenvalue weighted by Crippen LogP contribution is -2.17. The van der Waals surface area contributed by atoms with Crippen LogP contribution in [0, 0.1) is 5.82 Å². The Morgan fingerprint density at radius 2 is 1.90 bits per heavy atom. The molecule has 0 aliphatic heterocycles. The summed E-state index contributed by atoms with van der Waals surface area (Å²) in [4.78, 5) is 14.1. The Labute approximate surface area is 110 Å². The maximum Gasteiger partial charge on any atom is 0.573 e. The van der Waals surface area contributed by atoms with E-state index in [2.05, 4.69) is 9.72 Å². The number of nitrogens with zero attached hydrogens (tertiary/aromatic N) is 1. The van der Waals surface area contributed by atoms with E-state index in [1.54, 1.807) is 0 Å². The fourth-order valence-corrected chi connectivity index (χ4v) is 1.59. The molecule has 0 aliphatic carbocycles. The van der Waals surface area contributed by atoms with Gasteiger partial charge in [-0.1, -0.05) is 12.1 Å². The van der Waals surface area contributed by atoms with Crippen molar-refractivity contribution in [3.05, 3.63) is 47.9 Å².